The Hall–Kier alpha value is -1.98. The highest BCUT2D eigenvalue weighted by molar-refractivity contribution is 6.00. The first-order chi connectivity index (χ1) is 11.7. The van der Waals surface area contributed by atoms with Crippen LogP contribution in [0.4, 0.5) is 18.9 Å². The van der Waals surface area contributed by atoms with Crippen LogP contribution in [0.5, 0.6) is 5.75 Å². The third-order valence-corrected chi connectivity index (χ3v) is 5.35. The summed E-state index contributed by atoms with van der Waals surface area (Å²) in [6.07, 6.45) is -1.99. The van der Waals surface area contributed by atoms with Crippen LogP contribution in [-0.4, -0.2) is 24.7 Å². The van der Waals surface area contributed by atoms with Crippen molar-refractivity contribution in [3.05, 3.63) is 36.4 Å². The number of allylic oxidation sites excluding steroid dienone is 1. The van der Waals surface area contributed by atoms with E-state index in [4.69, 9.17) is 4.74 Å². The smallest absolute Gasteiger partial charge is 0.425 e. The van der Waals surface area contributed by atoms with Gasteiger partial charge in [0.2, 0.25) is 5.91 Å². The Kier molecular flexibility index (Phi) is 4.56. The molecular formula is C19H22F3NO2. The van der Waals surface area contributed by atoms with Crippen LogP contribution in [0, 0.1) is 5.41 Å². The fraction of sp³-hybridized carbons (Fsp3) is 0.526. The molecule has 0 aromatic heterocycles. The van der Waals surface area contributed by atoms with Crippen LogP contribution in [-0.2, 0) is 4.79 Å². The maximum atomic E-state index is 12.9. The summed E-state index contributed by atoms with van der Waals surface area (Å²) in [5.41, 5.74) is 1.62. The molecule has 1 spiro atoms. The maximum absolute atomic E-state index is 12.9. The van der Waals surface area contributed by atoms with Gasteiger partial charge in [-0.1, -0.05) is 12.2 Å². The van der Waals surface area contributed by atoms with Gasteiger partial charge in [-0.15, -0.1) is 0 Å². The van der Waals surface area contributed by atoms with Gasteiger partial charge in [-0.25, -0.2) is 0 Å². The van der Waals surface area contributed by atoms with Gasteiger partial charge in [-0.2, -0.15) is 13.2 Å². The predicted molar refractivity (Wildman–Crippen MR) is 89.6 cm³/mol. The van der Waals surface area contributed by atoms with Crippen molar-refractivity contribution >= 4 is 11.6 Å². The summed E-state index contributed by atoms with van der Waals surface area (Å²) in [5, 5.41) is 0. The van der Waals surface area contributed by atoms with E-state index in [2.05, 4.69) is 6.58 Å². The third kappa shape index (κ3) is 3.53. The van der Waals surface area contributed by atoms with E-state index in [1.165, 1.54) is 17.7 Å². The van der Waals surface area contributed by atoms with E-state index in [0.29, 0.717) is 12.2 Å². The van der Waals surface area contributed by atoms with Gasteiger partial charge in [0.1, 0.15) is 5.75 Å². The van der Waals surface area contributed by atoms with E-state index in [1.54, 1.807) is 17.0 Å². The SMILES string of the molecule is C=C1CCC2(CC1)CCN(c1ccc(O[C@H](C)C(F)(F)F)cc1)C2=O. The molecule has 1 aliphatic carbocycles. The van der Waals surface area contributed by atoms with E-state index < -0.39 is 12.3 Å². The molecule has 1 saturated heterocycles. The van der Waals surface area contributed by atoms with Crippen molar-refractivity contribution in [2.24, 2.45) is 5.41 Å². The molecule has 1 saturated carbocycles. The Balaban J connectivity index is 1.69. The molecule has 1 atom stereocenters. The van der Waals surface area contributed by atoms with E-state index in [0.717, 1.165) is 39.0 Å². The third-order valence-electron chi connectivity index (χ3n) is 5.35. The second-order valence-electron chi connectivity index (χ2n) is 7.03. The number of carbonyl (C=O) groups excluding carboxylic acids is 1. The number of ether oxygens (including phenoxy) is 1. The molecule has 3 nitrogen and oxygen atoms in total. The number of nitrogens with zero attached hydrogens (tertiary/aromatic N) is 1. The average molecular weight is 353 g/mol. The van der Waals surface area contributed by atoms with Crippen LogP contribution in [0.25, 0.3) is 0 Å². The zero-order valence-corrected chi connectivity index (χ0v) is 14.2. The molecule has 3 rings (SSSR count). The lowest BCUT2D eigenvalue weighted by Crippen LogP contribution is -2.36. The second-order valence-corrected chi connectivity index (χ2v) is 7.03. The quantitative estimate of drug-likeness (QED) is 0.726. The van der Waals surface area contributed by atoms with Gasteiger partial charge in [0.25, 0.3) is 0 Å². The molecular weight excluding hydrogens is 331 g/mol. The highest BCUT2D eigenvalue weighted by Gasteiger charge is 2.47. The topological polar surface area (TPSA) is 29.5 Å². The first kappa shape index (κ1) is 17.8. The van der Waals surface area contributed by atoms with Gasteiger partial charge in [0.15, 0.2) is 6.10 Å². The molecule has 2 fully saturated rings. The van der Waals surface area contributed by atoms with Crippen LogP contribution in [0.2, 0.25) is 0 Å². The number of anilines is 1. The number of carbonyl (C=O) groups is 1. The minimum absolute atomic E-state index is 0.123. The molecule has 2 aliphatic rings. The van der Waals surface area contributed by atoms with E-state index >= 15 is 0 Å². The Labute approximate surface area is 145 Å². The number of benzene rings is 1. The number of amides is 1. The standard InChI is InChI=1S/C19H22F3NO2/c1-13-7-9-18(10-8-13)11-12-23(17(18)24)15-3-5-16(6-4-15)25-14(2)19(20,21)22/h3-6,14H,1,7-12H2,2H3/t14-/m1/s1. The minimum Gasteiger partial charge on any atom is -0.481 e. The summed E-state index contributed by atoms with van der Waals surface area (Å²) in [4.78, 5) is 14.6. The van der Waals surface area contributed by atoms with Crippen LogP contribution < -0.4 is 9.64 Å². The van der Waals surface area contributed by atoms with Crippen LogP contribution in [0.3, 0.4) is 0 Å². The maximum Gasteiger partial charge on any atom is 0.425 e. The lowest BCUT2D eigenvalue weighted by atomic mass is 9.72. The molecule has 0 unspecified atom stereocenters. The average Bonchev–Trinajstić information content (AvgIpc) is 2.87. The summed E-state index contributed by atoms with van der Waals surface area (Å²) in [6, 6.07) is 6.27. The zero-order chi connectivity index (χ0) is 18.2. The monoisotopic (exact) mass is 353 g/mol. The summed E-state index contributed by atoms with van der Waals surface area (Å²) >= 11 is 0. The van der Waals surface area contributed by atoms with Crippen molar-refractivity contribution < 1.29 is 22.7 Å². The molecule has 1 aromatic rings. The zero-order valence-electron chi connectivity index (χ0n) is 14.2. The Morgan fingerprint density at radius 2 is 1.76 bits per heavy atom. The number of hydrogen-bond donors (Lipinski definition) is 0. The largest absolute Gasteiger partial charge is 0.481 e. The number of alkyl halides is 3. The summed E-state index contributed by atoms with van der Waals surface area (Å²) in [7, 11) is 0. The number of halogens is 3. The second kappa shape index (κ2) is 6.39. The molecule has 1 heterocycles. The van der Waals surface area contributed by atoms with Gasteiger partial charge < -0.3 is 9.64 Å². The molecule has 1 aliphatic heterocycles. The lowest BCUT2D eigenvalue weighted by Gasteiger charge is -2.32. The molecule has 6 heteroatoms. The Morgan fingerprint density at radius 1 is 1.16 bits per heavy atom. The van der Waals surface area contributed by atoms with Crippen molar-refractivity contribution in [2.45, 2.75) is 51.3 Å². The number of hydrogen-bond acceptors (Lipinski definition) is 2. The predicted octanol–water partition coefficient (Wildman–Crippen LogP) is 4.87. The highest BCUT2D eigenvalue weighted by Crippen LogP contribution is 2.47. The summed E-state index contributed by atoms with van der Waals surface area (Å²) < 4.78 is 42.6. The van der Waals surface area contributed by atoms with E-state index in [-0.39, 0.29) is 17.1 Å². The fourth-order valence-electron chi connectivity index (χ4n) is 3.59. The number of rotatable bonds is 3. The molecule has 1 amide bonds. The Morgan fingerprint density at radius 3 is 2.32 bits per heavy atom. The minimum atomic E-state index is -4.40. The molecule has 136 valence electrons. The van der Waals surface area contributed by atoms with Crippen molar-refractivity contribution in [3.8, 4) is 5.75 Å². The van der Waals surface area contributed by atoms with Gasteiger partial charge in [0, 0.05) is 12.2 Å². The molecule has 25 heavy (non-hydrogen) atoms. The van der Waals surface area contributed by atoms with Gasteiger partial charge in [-0.3, -0.25) is 4.79 Å². The highest BCUT2D eigenvalue weighted by atomic mass is 19.4. The molecule has 0 radical (unpaired) electrons. The van der Waals surface area contributed by atoms with Crippen LogP contribution in [0.1, 0.15) is 39.0 Å². The van der Waals surface area contributed by atoms with Gasteiger partial charge >= 0.3 is 6.18 Å². The molecule has 0 bridgehead atoms. The van der Waals surface area contributed by atoms with Crippen LogP contribution in [0.15, 0.2) is 36.4 Å². The van der Waals surface area contributed by atoms with Crippen molar-refractivity contribution in [1.29, 1.82) is 0 Å². The first-order valence-corrected chi connectivity index (χ1v) is 8.53. The van der Waals surface area contributed by atoms with Crippen molar-refractivity contribution in [2.75, 3.05) is 11.4 Å². The molecule has 1 aromatic carbocycles. The van der Waals surface area contributed by atoms with Gasteiger partial charge in [-0.05, 0) is 63.3 Å². The van der Waals surface area contributed by atoms with Crippen molar-refractivity contribution in [1.82, 2.24) is 0 Å². The van der Waals surface area contributed by atoms with Crippen molar-refractivity contribution in [3.63, 3.8) is 0 Å². The normalized spacial score (nSPS) is 21.7. The van der Waals surface area contributed by atoms with Gasteiger partial charge in [0.05, 0.1) is 5.41 Å². The Bertz CT molecular complexity index is 656. The van der Waals surface area contributed by atoms with E-state index in [1.807, 2.05) is 0 Å². The summed E-state index contributed by atoms with van der Waals surface area (Å²) in [6.45, 7) is 5.62. The molecule has 0 N–H and O–H groups in total. The van der Waals surface area contributed by atoms with E-state index in [9.17, 15) is 18.0 Å². The fourth-order valence-corrected chi connectivity index (χ4v) is 3.59. The lowest BCUT2D eigenvalue weighted by molar-refractivity contribution is -0.189. The first-order valence-electron chi connectivity index (χ1n) is 8.53. The van der Waals surface area contributed by atoms with Crippen LogP contribution >= 0.6 is 0 Å². The summed E-state index contributed by atoms with van der Waals surface area (Å²) in [5.74, 6) is 0.265.